The quantitative estimate of drug-likeness (QED) is 0.543. The van der Waals surface area contributed by atoms with Crippen molar-refractivity contribution in [3.63, 3.8) is 0 Å². The van der Waals surface area contributed by atoms with Gasteiger partial charge in [-0.2, -0.15) is 0 Å². The fraction of sp³-hybridized carbons (Fsp3) is 1.00. The van der Waals surface area contributed by atoms with Crippen molar-refractivity contribution < 1.29 is 4.21 Å². The summed E-state index contributed by atoms with van der Waals surface area (Å²) >= 11 is 2.30. The van der Waals surface area contributed by atoms with Gasteiger partial charge in [0.15, 0.2) is 0 Å². The highest BCUT2D eigenvalue weighted by molar-refractivity contribution is 14.1. The molecule has 0 aromatic rings. The Labute approximate surface area is 66.8 Å². The zero-order chi connectivity index (χ0) is 6.41. The summed E-state index contributed by atoms with van der Waals surface area (Å²) in [6, 6.07) is 0. The molecule has 0 aliphatic heterocycles. The molecule has 0 aliphatic carbocycles. The van der Waals surface area contributed by atoms with Gasteiger partial charge in [0.2, 0.25) is 0 Å². The smallest absolute Gasteiger partial charge is 0.0242 e. The van der Waals surface area contributed by atoms with E-state index in [4.69, 9.17) is 0 Å². The monoisotopic (exact) mass is 246 g/mol. The summed E-state index contributed by atoms with van der Waals surface area (Å²) in [6.45, 7) is 1.96. The molecule has 0 rings (SSSR count). The molecule has 0 spiro atoms. The van der Waals surface area contributed by atoms with E-state index in [2.05, 4.69) is 22.6 Å². The highest BCUT2D eigenvalue weighted by Crippen LogP contribution is 1.91. The molecule has 0 bridgehead atoms. The average Bonchev–Trinajstić information content (AvgIpc) is 1.83. The average molecular weight is 246 g/mol. The fourth-order valence-electron chi connectivity index (χ4n) is 0.360. The van der Waals surface area contributed by atoms with E-state index in [9.17, 15) is 4.21 Å². The maximum absolute atomic E-state index is 10.7. The number of alkyl halides is 1. The number of hydrogen-bond donors (Lipinski definition) is 0. The van der Waals surface area contributed by atoms with Crippen LogP contribution in [0.1, 0.15) is 13.3 Å². The molecular formula is C5H11IOS. The van der Waals surface area contributed by atoms with E-state index in [1.807, 2.05) is 6.92 Å². The lowest BCUT2D eigenvalue weighted by atomic mass is 10.6. The van der Waals surface area contributed by atoms with Gasteiger partial charge in [0.25, 0.3) is 0 Å². The maximum atomic E-state index is 10.7. The van der Waals surface area contributed by atoms with Crippen molar-refractivity contribution >= 4 is 33.4 Å². The van der Waals surface area contributed by atoms with Crippen LogP contribution >= 0.6 is 22.6 Å². The molecule has 0 saturated heterocycles. The third-order valence-corrected chi connectivity index (χ3v) is 2.98. The zero-order valence-electron chi connectivity index (χ0n) is 5.02. The third-order valence-electron chi connectivity index (χ3n) is 0.828. The van der Waals surface area contributed by atoms with Gasteiger partial charge in [0.05, 0.1) is 0 Å². The van der Waals surface area contributed by atoms with Gasteiger partial charge in [-0.1, -0.05) is 29.5 Å². The Morgan fingerprint density at radius 1 is 1.62 bits per heavy atom. The van der Waals surface area contributed by atoms with E-state index in [0.717, 1.165) is 22.4 Å². The molecule has 8 heavy (non-hydrogen) atoms. The van der Waals surface area contributed by atoms with E-state index in [0.29, 0.717) is 0 Å². The molecule has 0 saturated carbocycles. The van der Waals surface area contributed by atoms with Gasteiger partial charge in [0.1, 0.15) is 0 Å². The summed E-state index contributed by atoms with van der Waals surface area (Å²) in [4.78, 5) is 0. The van der Waals surface area contributed by atoms with Crippen molar-refractivity contribution in [1.82, 2.24) is 0 Å². The van der Waals surface area contributed by atoms with Crippen molar-refractivity contribution in [1.29, 1.82) is 0 Å². The second-order valence-electron chi connectivity index (χ2n) is 1.48. The molecule has 0 fully saturated rings. The molecular weight excluding hydrogens is 235 g/mol. The summed E-state index contributed by atoms with van der Waals surface area (Å²) in [5.74, 6) is 1.70. The molecule has 1 nitrogen and oxygen atoms in total. The Hall–Kier alpha value is 0.880. The van der Waals surface area contributed by atoms with Crippen LogP contribution in [0.25, 0.3) is 0 Å². The first kappa shape index (κ1) is 8.88. The Morgan fingerprint density at radius 2 is 2.25 bits per heavy atom. The second-order valence-corrected chi connectivity index (χ2v) is 4.42. The van der Waals surface area contributed by atoms with Crippen molar-refractivity contribution in [2.45, 2.75) is 13.3 Å². The zero-order valence-corrected chi connectivity index (χ0v) is 8.00. The van der Waals surface area contributed by atoms with Crippen molar-refractivity contribution in [2.24, 2.45) is 0 Å². The minimum Gasteiger partial charge on any atom is -0.260 e. The van der Waals surface area contributed by atoms with Crippen LogP contribution in [0.3, 0.4) is 0 Å². The van der Waals surface area contributed by atoms with Gasteiger partial charge in [-0.05, 0) is 6.42 Å². The minimum atomic E-state index is -0.532. The van der Waals surface area contributed by atoms with E-state index < -0.39 is 10.8 Å². The predicted molar refractivity (Wildman–Crippen MR) is 47.1 cm³/mol. The van der Waals surface area contributed by atoms with Crippen LogP contribution in [-0.4, -0.2) is 20.1 Å². The lowest BCUT2D eigenvalue weighted by molar-refractivity contribution is 0.683. The van der Waals surface area contributed by atoms with E-state index in [1.54, 1.807) is 0 Å². The Bertz CT molecular complexity index is 74.8. The van der Waals surface area contributed by atoms with Crippen molar-refractivity contribution in [2.75, 3.05) is 15.9 Å². The van der Waals surface area contributed by atoms with Crippen molar-refractivity contribution in [3.05, 3.63) is 0 Å². The van der Waals surface area contributed by atoms with Gasteiger partial charge < -0.3 is 0 Å². The lowest BCUT2D eigenvalue weighted by Crippen LogP contribution is -1.99. The van der Waals surface area contributed by atoms with E-state index >= 15 is 0 Å². The van der Waals surface area contributed by atoms with Gasteiger partial charge in [0, 0.05) is 26.7 Å². The predicted octanol–water partition coefficient (Wildman–Crippen LogP) is 1.58. The molecule has 50 valence electrons. The van der Waals surface area contributed by atoms with Crippen LogP contribution in [0.5, 0.6) is 0 Å². The van der Waals surface area contributed by atoms with Gasteiger partial charge in [-0.3, -0.25) is 4.21 Å². The van der Waals surface area contributed by atoms with Crippen LogP contribution in [-0.2, 0) is 10.8 Å². The third kappa shape index (κ3) is 5.03. The molecule has 0 aromatic heterocycles. The number of hydrogen-bond acceptors (Lipinski definition) is 1. The molecule has 3 heteroatoms. The summed E-state index contributed by atoms with van der Waals surface area (Å²) in [6.07, 6.45) is 1.10. The first-order valence-electron chi connectivity index (χ1n) is 2.72. The van der Waals surface area contributed by atoms with Crippen LogP contribution in [0.2, 0.25) is 0 Å². The highest BCUT2D eigenvalue weighted by atomic mass is 127. The lowest BCUT2D eigenvalue weighted by Gasteiger charge is -1.92. The molecule has 0 N–H and O–H groups in total. The molecule has 0 amide bonds. The van der Waals surface area contributed by atoms with Gasteiger partial charge in [-0.25, -0.2) is 0 Å². The van der Waals surface area contributed by atoms with Crippen LogP contribution in [0.15, 0.2) is 0 Å². The molecule has 0 aromatic carbocycles. The molecule has 0 radical (unpaired) electrons. The molecule has 1 unspecified atom stereocenters. The maximum Gasteiger partial charge on any atom is 0.0242 e. The first-order chi connectivity index (χ1) is 3.81. The van der Waals surface area contributed by atoms with Crippen LogP contribution in [0, 0.1) is 0 Å². The largest absolute Gasteiger partial charge is 0.260 e. The molecule has 1 atom stereocenters. The normalized spacial score (nSPS) is 13.8. The summed E-state index contributed by atoms with van der Waals surface area (Å²) in [7, 11) is -0.532. The van der Waals surface area contributed by atoms with Crippen LogP contribution in [0.4, 0.5) is 0 Å². The molecule has 0 heterocycles. The minimum absolute atomic E-state index is 0.532. The summed E-state index contributed by atoms with van der Waals surface area (Å²) in [5, 5.41) is 0. The van der Waals surface area contributed by atoms with E-state index in [-0.39, 0.29) is 0 Å². The Balaban J connectivity index is 2.99. The second kappa shape index (κ2) is 6.01. The number of halogens is 1. The Morgan fingerprint density at radius 3 is 2.62 bits per heavy atom. The first-order valence-corrected chi connectivity index (χ1v) is 5.73. The number of rotatable bonds is 4. The Kier molecular flexibility index (Phi) is 6.67. The fourth-order valence-corrected chi connectivity index (χ4v) is 2.01. The SMILES string of the molecule is CCS(=O)CCCI. The standard InChI is InChI=1S/C5H11IOS/c1-2-8(7)5-3-4-6/h2-5H2,1H3. The van der Waals surface area contributed by atoms with Gasteiger partial charge >= 0.3 is 0 Å². The van der Waals surface area contributed by atoms with Crippen molar-refractivity contribution in [3.8, 4) is 0 Å². The molecule has 0 aliphatic rings. The summed E-state index contributed by atoms with van der Waals surface area (Å²) < 4.78 is 11.8. The van der Waals surface area contributed by atoms with E-state index in [1.165, 1.54) is 0 Å². The topological polar surface area (TPSA) is 17.1 Å². The highest BCUT2D eigenvalue weighted by Gasteiger charge is 1.91. The van der Waals surface area contributed by atoms with Gasteiger partial charge in [-0.15, -0.1) is 0 Å². The van der Waals surface area contributed by atoms with Crippen LogP contribution < -0.4 is 0 Å². The summed E-state index contributed by atoms with van der Waals surface area (Å²) in [5.41, 5.74) is 0.